The van der Waals surface area contributed by atoms with Crippen LogP contribution in [0.3, 0.4) is 0 Å². The van der Waals surface area contributed by atoms with Gasteiger partial charge in [0.05, 0.1) is 5.39 Å². The van der Waals surface area contributed by atoms with Crippen molar-refractivity contribution in [3.63, 3.8) is 0 Å². The van der Waals surface area contributed by atoms with E-state index < -0.39 is 0 Å². The second kappa shape index (κ2) is 2.97. The molecule has 19 heavy (non-hydrogen) atoms. The first-order valence-electron chi connectivity index (χ1n) is 6.67. The third-order valence-corrected chi connectivity index (χ3v) is 4.31. The minimum absolute atomic E-state index is 0.998. The Kier molecular flexibility index (Phi) is 1.49. The molecule has 3 heterocycles. The largest absolute Gasteiger partial charge is 0.295 e. The topological polar surface area (TPSA) is 8.29 Å². The maximum Gasteiger partial charge on any atom is 0.295 e. The lowest BCUT2D eigenvalue weighted by atomic mass is 10.0. The molecule has 1 aliphatic heterocycles. The van der Waals surface area contributed by atoms with Crippen molar-refractivity contribution in [3.8, 4) is 0 Å². The van der Waals surface area contributed by atoms with Crippen LogP contribution in [-0.2, 0) is 6.54 Å². The Hall–Kier alpha value is -2.35. The highest BCUT2D eigenvalue weighted by atomic mass is 15.1. The van der Waals surface area contributed by atoms with Crippen LogP contribution in [0.25, 0.3) is 27.3 Å². The molecule has 2 aromatic carbocycles. The first-order chi connectivity index (χ1) is 9.33. The molecule has 0 saturated heterocycles. The zero-order valence-corrected chi connectivity index (χ0v) is 10.7. The molecule has 0 N–H and O–H groups in total. The molecule has 0 fully saturated rings. The fourth-order valence-corrected chi connectivity index (χ4v) is 3.49. The quantitative estimate of drug-likeness (QED) is 0.292. The lowest BCUT2D eigenvalue weighted by Gasteiger charge is -2.04. The van der Waals surface area contributed by atoms with Gasteiger partial charge in [-0.15, -0.1) is 0 Å². The second-order valence-electron chi connectivity index (χ2n) is 5.48. The molecule has 4 aromatic rings. The van der Waals surface area contributed by atoms with Crippen molar-refractivity contribution in [2.75, 3.05) is 0 Å². The molecule has 2 aromatic heterocycles. The van der Waals surface area contributed by atoms with E-state index >= 15 is 0 Å². The van der Waals surface area contributed by atoms with Gasteiger partial charge in [0, 0.05) is 16.3 Å². The van der Waals surface area contributed by atoms with Crippen LogP contribution in [0.5, 0.6) is 0 Å². The highest BCUT2D eigenvalue weighted by Crippen LogP contribution is 2.33. The molecule has 5 rings (SSSR count). The number of imidazole rings is 1. The standard InChI is InChI=1S/C17H13N2/c1-11-5-6-15-14(9-11)13-4-2-3-12-10-18-7-8-19(15)17(18)16(12)13/h2-9H,10H2,1H3/q+1. The van der Waals surface area contributed by atoms with Gasteiger partial charge in [-0.2, -0.15) is 4.40 Å². The van der Waals surface area contributed by atoms with E-state index in [2.05, 4.69) is 64.7 Å². The van der Waals surface area contributed by atoms with Crippen molar-refractivity contribution < 1.29 is 4.57 Å². The van der Waals surface area contributed by atoms with E-state index in [1.165, 1.54) is 38.4 Å². The van der Waals surface area contributed by atoms with Crippen molar-refractivity contribution in [1.29, 1.82) is 0 Å². The lowest BCUT2D eigenvalue weighted by Crippen LogP contribution is -2.28. The number of aromatic nitrogens is 2. The van der Waals surface area contributed by atoms with Gasteiger partial charge in [0.25, 0.3) is 5.65 Å². The summed E-state index contributed by atoms with van der Waals surface area (Å²) in [6.45, 7) is 3.16. The maximum atomic E-state index is 2.34. The third kappa shape index (κ3) is 1.01. The van der Waals surface area contributed by atoms with Gasteiger partial charge < -0.3 is 0 Å². The second-order valence-corrected chi connectivity index (χ2v) is 5.48. The SMILES string of the molecule is Cc1ccc2c(c1)c1cccc3c1c1n2cc[n+]1C3. The molecular weight excluding hydrogens is 232 g/mol. The Morgan fingerprint density at radius 3 is 3.00 bits per heavy atom. The number of benzene rings is 2. The summed E-state index contributed by atoms with van der Waals surface area (Å²) in [7, 11) is 0. The average molecular weight is 245 g/mol. The zero-order valence-electron chi connectivity index (χ0n) is 10.7. The molecule has 2 heteroatoms. The number of fused-ring (bicyclic) bond motifs is 3. The normalized spacial score (nSPS) is 13.3. The van der Waals surface area contributed by atoms with E-state index in [4.69, 9.17) is 0 Å². The van der Waals surface area contributed by atoms with Crippen LogP contribution in [-0.4, -0.2) is 4.40 Å². The van der Waals surface area contributed by atoms with Crippen LogP contribution in [0.1, 0.15) is 11.1 Å². The number of hydrogen-bond donors (Lipinski definition) is 0. The summed E-state index contributed by atoms with van der Waals surface area (Å²) < 4.78 is 4.67. The van der Waals surface area contributed by atoms with Gasteiger partial charge in [-0.25, -0.2) is 4.57 Å². The van der Waals surface area contributed by atoms with E-state index in [0.29, 0.717) is 0 Å². The molecule has 0 spiro atoms. The van der Waals surface area contributed by atoms with Crippen LogP contribution in [0.15, 0.2) is 48.8 Å². The average Bonchev–Trinajstić information content (AvgIpc) is 2.97. The van der Waals surface area contributed by atoms with Crippen molar-refractivity contribution in [2.45, 2.75) is 13.5 Å². The van der Waals surface area contributed by atoms with Crippen LogP contribution in [0, 0.1) is 6.92 Å². The molecule has 0 amide bonds. The fourth-order valence-electron chi connectivity index (χ4n) is 3.49. The molecule has 0 saturated carbocycles. The predicted octanol–water partition coefficient (Wildman–Crippen LogP) is 3.20. The minimum atomic E-state index is 0.998. The smallest absolute Gasteiger partial charge is 0.225 e. The van der Waals surface area contributed by atoms with Gasteiger partial charge in [0.2, 0.25) is 0 Å². The molecule has 90 valence electrons. The van der Waals surface area contributed by atoms with Gasteiger partial charge in [-0.3, -0.25) is 0 Å². The van der Waals surface area contributed by atoms with Crippen molar-refractivity contribution in [2.24, 2.45) is 0 Å². The van der Waals surface area contributed by atoms with Crippen LogP contribution in [0.4, 0.5) is 0 Å². The number of rotatable bonds is 0. The Morgan fingerprint density at radius 2 is 2.05 bits per heavy atom. The molecule has 0 unspecified atom stereocenters. The summed E-state index contributed by atoms with van der Waals surface area (Å²) in [6.07, 6.45) is 4.37. The first-order valence-corrected chi connectivity index (χ1v) is 6.67. The fraction of sp³-hybridized carbons (Fsp3) is 0.118. The molecule has 0 bridgehead atoms. The Balaban J connectivity index is 2.25. The summed E-state index contributed by atoms with van der Waals surface area (Å²) >= 11 is 0. The maximum absolute atomic E-state index is 2.34. The first kappa shape index (κ1) is 9.56. The number of nitrogens with zero attached hydrogens (tertiary/aromatic N) is 2. The molecular formula is C17H13N2+. The number of aryl methyl sites for hydroxylation is 1. The summed E-state index contributed by atoms with van der Waals surface area (Å²) in [5, 5.41) is 4.16. The van der Waals surface area contributed by atoms with E-state index in [0.717, 1.165) is 6.54 Å². The Labute approximate surface area is 110 Å². The van der Waals surface area contributed by atoms with Gasteiger partial charge in [0.1, 0.15) is 24.5 Å². The summed E-state index contributed by atoms with van der Waals surface area (Å²) in [6, 6.07) is 13.4. The molecule has 2 nitrogen and oxygen atoms in total. The zero-order chi connectivity index (χ0) is 12.6. The van der Waals surface area contributed by atoms with Gasteiger partial charge in [-0.1, -0.05) is 29.8 Å². The van der Waals surface area contributed by atoms with Crippen molar-refractivity contribution in [1.82, 2.24) is 4.40 Å². The van der Waals surface area contributed by atoms with Crippen LogP contribution >= 0.6 is 0 Å². The Morgan fingerprint density at radius 1 is 1.11 bits per heavy atom. The van der Waals surface area contributed by atoms with E-state index in [-0.39, 0.29) is 0 Å². The summed E-state index contributed by atoms with van der Waals surface area (Å²) in [5.41, 5.74) is 5.39. The van der Waals surface area contributed by atoms with E-state index in [9.17, 15) is 0 Å². The lowest BCUT2D eigenvalue weighted by molar-refractivity contribution is -0.657. The number of hydrogen-bond acceptors (Lipinski definition) is 0. The molecule has 0 radical (unpaired) electrons. The minimum Gasteiger partial charge on any atom is -0.225 e. The highest BCUT2D eigenvalue weighted by Gasteiger charge is 2.26. The van der Waals surface area contributed by atoms with Crippen molar-refractivity contribution >= 4 is 27.3 Å². The monoisotopic (exact) mass is 245 g/mol. The van der Waals surface area contributed by atoms with Gasteiger partial charge >= 0.3 is 0 Å². The van der Waals surface area contributed by atoms with Crippen molar-refractivity contribution in [3.05, 3.63) is 59.9 Å². The summed E-state index contributed by atoms with van der Waals surface area (Å²) in [5.74, 6) is 0. The molecule has 1 aliphatic rings. The third-order valence-electron chi connectivity index (χ3n) is 4.31. The molecule has 0 aliphatic carbocycles. The van der Waals surface area contributed by atoms with E-state index in [1.54, 1.807) is 0 Å². The Bertz CT molecular complexity index is 993. The van der Waals surface area contributed by atoms with E-state index in [1.807, 2.05) is 0 Å². The summed E-state index contributed by atoms with van der Waals surface area (Å²) in [4.78, 5) is 0. The highest BCUT2D eigenvalue weighted by molar-refractivity contribution is 6.12. The van der Waals surface area contributed by atoms with Gasteiger partial charge in [-0.05, 0) is 19.1 Å². The predicted molar refractivity (Wildman–Crippen MR) is 76.4 cm³/mol. The van der Waals surface area contributed by atoms with Crippen LogP contribution < -0.4 is 4.57 Å². The van der Waals surface area contributed by atoms with Crippen LogP contribution in [0.2, 0.25) is 0 Å². The van der Waals surface area contributed by atoms with Gasteiger partial charge in [0.15, 0.2) is 0 Å². The molecule has 0 atom stereocenters. The number of pyridine rings is 1.